The lowest BCUT2D eigenvalue weighted by molar-refractivity contribution is 0.180. The van der Waals surface area contributed by atoms with Crippen molar-refractivity contribution < 1.29 is 4.74 Å². The zero-order valence-electron chi connectivity index (χ0n) is 16.5. The highest BCUT2D eigenvalue weighted by Gasteiger charge is 2.13. The minimum absolute atomic E-state index is 0.743. The van der Waals surface area contributed by atoms with Gasteiger partial charge in [-0.25, -0.2) is 4.98 Å². The summed E-state index contributed by atoms with van der Waals surface area (Å²) in [5.41, 5.74) is 1.22. The molecule has 0 spiro atoms. The summed E-state index contributed by atoms with van der Waals surface area (Å²) in [6.45, 7) is 6.66. The predicted molar refractivity (Wildman–Crippen MR) is 108 cm³/mol. The number of pyridine rings is 1. The first kappa shape index (κ1) is 20.5. The molecule has 1 fully saturated rings. The van der Waals surface area contributed by atoms with E-state index in [2.05, 4.69) is 49.6 Å². The van der Waals surface area contributed by atoms with Gasteiger partial charge in [0.25, 0.3) is 0 Å². The zero-order valence-corrected chi connectivity index (χ0v) is 16.5. The number of methoxy groups -OCH3 is 1. The van der Waals surface area contributed by atoms with Crippen LogP contribution in [0.25, 0.3) is 0 Å². The fourth-order valence-electron chi connectivity index (χ4n) is 3.05. The maximum atomic E-state index is 5.09. The summed E-state index contributed by atoms with van der Waals surface area (Å²) < 4.78 is 5.09. The molecule has 2 rings (SSSR count). The Morgan fingerprint density at radius 3 is 2.85 bits per heavy atom. The normalized spacial score (nSPS) is 14.9. The molecule has 0 amide bonds. The van der Waals surface area contributed by atoms with Crippen molar-refractivity contribution in [2.75, 3.05) is 65.4 Å². The van der Waals surface area contributed by atoms with Gasteiger partial charge >= 0.3 is 0 Å². The number of aromatic nitrogens is 1. The van der Waals surface area contributed by atoms with Crippen molar-refractivity contribution >= 4 is 11.8 Å². The van der Waals surface area contributed by atoms with Crippen LogP contribution in [0.5, 0.6) is 0 Å². The van der Waals surface area contributed by atoms with Gasteiger partial charge in [-0.1, -0.05) is 0 Å². The van der Waals surface area contributed by atoms with Crippen molar-refractivity contribution in [3.05, 3.63) is 23.9 Å². The van der Waals surface area contributed by atoms with E-state index >= 15 is 0 Å². The summed E-state index contributed by atoms with van der Waals surface area (Å²) in [6.07, 6.45) is 5.48. The van der Waals surface area contributed by atoms with Crippen molar-refractivity contribution in [1.29, 1.82) is 0 Å². The monoisotopic (exact) mass is 362 g/mol. The smallest absolute Gasteiger partial charge is 0.191 e. The van der Waals surface area contributed by atoms with Gasteiger partial charge < -0.3 is 25.2 Å². The Balaban J connectivity index is 1.70. The molecule has 0 atom stereocenters. The number of rotatable bonds is 10. The van der Waals surface area contributed by atoms with Crippen LogP contribution >= 0.6 is 0 Å². The van der Waals surface area contributed by atoms with Gasteiger partial charge in [0.15, 0.2) is 5.96 Å². The molecule has 2 N–H and O–H groups in total. The summed E-state index contributed by atoms with van der Waals surface area (Å²) >= 11 is 0. The van der Waals surface area contributed by atoms with Crippen LogP contribution in [0.1, 0.15) is 24.8 Å². The van der Waals surface area contributed by atoms with Crippen molar-refractivity contribution in [2.24, 2.45) is 4.99 Å². The van der Waals surface area contributed by atoms with Crippen molar-refractivity contribution in [3.63, 3.8) is 0 Å². The van der Waals surface area contributed by atoms with Gasteiger partial charge in [-0.2, -0.15) is 0 Å². The highest BCUT2D eigenvalue weighted by Crippen LogP contribution is 2.18. The quantitative estimate of drug-likeness (QED) is 0.372. The highest BCUT2D eigenvalue weighted by atomic mass is 16.5. The van der Waals surface area contributed by atoms with Crippen LogP contribution in [0.15, 0.2) is 23.3 Å². The minimum Gasteiger partial charge on any atom is -0.385 e. The largest absolute Gasteiger partial charge is 0.385 e. The molecule has 146 valence electrons. The molecular formula is C19H34N6O. The molecule has 0 aliphatic carbocycles. The van der Waals surface area contributed by atoms with Gasteiger partial charge in [0.1, 0.15) is 5.82 Å². The summed E-state index contributed by atoms with van der Waals surface area (Å²) in [6, 6.07) is 4.23. The predicted octanol–water partition coefficient (Wildman–Crippen LogP) is 1.32. The number of aliphatic imine (C=N–C) groups is 1. The third-order valence-corrected chi connectivity index (χ3v) is 4.60. The van der Waals surface area contributed by atoms with E-state index in [0.717, 1.165) is 64.1 Å². The lowest BCUT2D eigenvalue weighted by Gasteiger charge is -2.19. The SMILES string of the molecule is CN=C(NCCN(C)CCCOC)NCc1ccnc(N2CCCC2)c1. The van der Waals surface area contributed by atoms with E-state index in [9.17, 15) is 0 Å². The average Bonchev–Trinajstić information content (AvgIpc) is 3.20. The fourth-order valence-corrected chi connectivity index (χ4v) is 3.05. The Hall–Kier alpha value is -1.86. The van der Waals surface area contributed by atoms with E-state index in [1.165, 1.54) is 18.4 Å². The first-order chi connectivity index (χ1) is 12.7. The number of anilines is 1. The van der Waals surface area contributed by atoms with Crippen molar-refractivity contribution in [1.82, 2.24) is 20.5 Å². The maximum Gasteiger partial charge on any atom is 0.191 e. The molecule has 1 aromatic heterocycles. The van der Waals surface area contributed by atoms with Gasteiger partial charge in [0.05, 0.1) is 0 Å². The van der Waals surface area contributed by atoms with Gasteiger partial charge in [0, 0.05) is 66.2 Å². The van der Waals surface area contributed by atoms with E-state index in [0.29, 0.717) is 0 Å². The molecule has 0 unspecified atom stereocenters. The van der Waals surface area contributed by atoms with Gasteiger partial charge in [0.2, 0.25) is 0 Å². The Labute approximate surface area is 157 Å². The third kappa shape index (κ3) is 7.17. The molecule has 26 heavy (non-hydrogen) atoms. The number of hydrogen-bond acceptors (Lipinski definition) is 5. The second-order valence-electron chi connectivity index (χ2n) is 6.72. The Morgan fingerprint density at radius 2 is 2.12 bits per heavy atom. The molecule has 1 aliphatic heterocycles. The number of likely N-dealkylation sites (N-methyl/N-ethyl adjacent to an activating group) is 1. The van der Waals surface area contributed by atoms with Crippen LogP contribution in [0.2, 0.25) is 0 Å². The Bertz CT molecular complexity index is 545. The fraction of sp³-hybridized carbons (Fsp3) is 0.684. The van der Waals surface area contributed by atoms with Crippen LogP contribution in [0.3, 0.4) is 0 Å². The Morgan fingerprint density at radius 1 is 1.31 bits per heavy atom. The second kappa shape index (κ2) is 11.7. The summed E-state index contributed by atoms with van der Waals surface area (Å²) in [4.78, 5) is 13.5. The Kier molecular flexibility index (Phi) is 9.20. The summed E-state index contributed by atoms with van der Waals surface area (Å²) in [7, 11) is 5.68. The van der Waals surface area contributed by atoms with Crippen LogP contribution < -0.4 is 15.5 Å². The first-order valence-corrected chi connectivity index (χ1v) is 9.55. The van der Waals surface area contributed by atoms with E-state index < -0.39 is 0 Å². The topological polar surface area (TPSA) is 65.0 Å². The molecule has 0 bridgehead atoms. The van der Waals surface area contributed by atoms with E-state index in [1.807, 2.05) is 6.20 Å². The van der Waals surface area contributed by atoms with E-state index in [-0.39, 0.29) is 0 Å². The second-order valence-corrected chi connectivity index (χ2v) is 6.72. The lowest BCUT2D eigenvalue weighted by Crippen LogP contribution is -2.40. The molecule has 7 nitrogen and oxygen atoms in total. The summed E-state index contributed by atoms with van der Waals surface area (Å²) in [5, 5.41) is 6.75. The highest BCUT2D eigenvalue weighted by molar-refractivity contribution is 5.79. The number of guanidine groups is 1. The van der Waals surface area contributed by atoms with Crippen LogP contribution in [-0.2, 0) is 11.3 Å². The number of hydrogen-bond donors (Lipinski definition) is 2. The van der Waals surface area contributed by atoms with Crippen LogP contribution in [0.4, 0.5) is 5.82 Å². The lowest BCUT2D eigenvalue weighted by atomic mass is 10.2. The summed E-state index contributed by atoms with van der Waals surface area (Å²) in [5.74, 6) is 1.91. The van der Waals surface area contributed by atoms with Gasteiger partial charge in [-0.05, 0) is 44.0 Å². The molecular weight excluding hydrogens is 328 g/mol. The van der Waals surface area contributed by atoms with Crippen molar-refractivity contribution in [3.8, 4) is 0 Å². The maximum absolute atomic E-state index is 5.09. The minimum atomic E-state index is 0.743. The van der Waals surface area contributed by atoms with Crippen LogP contribution in [-0.4, -0.2) is 76.4 Å². The molecule has 2 heterocycles. The number of ether oxygens (including phenoxy) is 1. The zero-order chi connectivity index (χ0) is 18.6. The van der Waals surface area contributed by atoms with Crippen LogP contribution in [0, 0.1) is 0 Å². The van der Waals surface area contributed by atoms with Gasteiger partial charge in [-0.3, -0.25) is 4.99 Å². The van der Waals surface area contributed by atoms with Crippen molar-refractivity contribution in [2.45, 2.75) is 25.8 Å². The number of nitrogens with one attached hydrogen (secondary N) is 2. The van der Waals surface area contributed by atoms with Gasteiger partial charge in [-0.15, -0.1) is 0 Å². The van der Waals surface area contributed by atoms with E-state index in [4.69, 9.17) is 4.74 Å². The molecule has 0 aromatic carbocycles. The van der Waals surface area contributed by atoms with E-state index in [1.54, 1.807) is 14.2 Å². The molecule has 1 aromatic rings. The molecule has 0 radical (unpaired) electrons. The molecule has 7 heteroatoms. The standard InChI is InChI=1S/C19H34N6O/c1-20-19(22-9-13-24(2)10-6-14-26-3)23-16-17-7-8-21-18(15-17)25-11-4-5-12-25/h7-8,15H,4-6,9-14,16H2,1-3H3,(H2,20,22,23). The molecule has 1 aliphatic rings. The third-order valence-electron chi connectivity index (χ3n) is 4.60. The number of nitrogens with zero attached hydrogens (tertiary/aromatic N) is 4. The first-order valence-electron chi connectivity index (χ1n) is 9.55. The molecule has 0 saturated carbocycles. The average molecular weight is 363 g/mol. The molecule has 1 saturated heterocycles.